The van der Waals surface area contributed by atoms with E-state index in [9.17, 15) is 26.9 Å². The summed E-state index contributed by atoms with van der Waals surface area (Å²) in [5, 5.41) is 0. The Morgan fingerprint density at radius 1 is 1.17 bits per heavy atom. The van der Waals surface area contributed by atoms with Crippen molar-refractivity contribution in [2.24, 2.45) is 0 Å². The molecule has 0 amide bonds. The molecule has 0 aromatic heterocycles. The summed E-state index contributed by atoms with van der Waals surface area (Å²) < 4.78 is 51.7. The molecule has 0 fully saturated rings. The molecule has 0 atom stereocenters. The molecule has 0 aliphatic carbocycles. The van der Waals surface area contributed by atoms with Crippen LogP contribution in [0.25, 0.3) is 0 Å². The minimum absolute atomic E-state index is 0.0938. The van der Waals surface area contributed by atoms with Crippen molar-refractivity contribution in [3.05, 3.63) is 12.2 Å². The van der Waals surface area contributed by atoms with Gasteiger partial charge in [-0.05, 0) is 0 Å². The molecule has 0 aromatic rings. The summed E-state index contributed by atoms with van der Waals surface area (Å²) in [5.41, 5.74) is 0. The van der Waals surface area contributed by atoms with Gasteiger partial charge in [-0.3, -0.25) is 4.94 Å². The molecular formula is C5H5F5O2. The van der Waals surface area contributed by atoms with E-state index in [0.29, 0.717) is 0 Å². The molecule has 72 valence electrons. The highest BCUT2D eigenvalue weighted by Gasteiger charge is 1.98. The average molecular weight is 192 g/mol. The zero-order valence-electron chi connectivity index (χ0n) is 5.91. The Morgan fingerprint density at radius 3 is 1.50 bits per heavy atom. The molecule has 0 saturated heterocycles. The summed E-state index contributed by atoms with van der Waals surface area (Å²) in [6, 6.07) is 0. The van der Waals surface area contributed by atoms with Crippen molar-refractivity contribution in [2.45, 2.75) is 13.3 Å². The number of rotatable bonds is 1. The molecule has 0 aliphatic rings. The largest absolute Gasteiger partial charge is 0.348 e. The van der Waals surface area contributed by atoms with E-state index in [1.54, 1.807) is 0 Å². The molecule has 0 saturated carbocycles. The Kier molecular flexibility index (Phi) is 8.92. The SMILES string of the molecule is CCC(=O)OF.FC(F)=C(F)F. The maximum atomic E-state index is 10.5. The third-order valence-corrected chi connectivity index (χ3v) is 0.518. The maximum Gasteiger partial charge on any atom is 0.348 e. The quantitative estimate of drug-likeness (QED) is 0.597. The normalized spacial score (nSPS) is 7.83. The van der Waals surface area contributed by atoms with Crippen LogP contribution in [-0.4, -0.2) is 5.97 Å². The highest BCUT2D eigenvalue weighted by atomic mass is 19.3. The number of hydrogen-bond donors (Lipinski definition) is 0. The number of halogens is 5. The van der Waals surface area contributed by atoms with Crippen molar-refractivity contribution in [1.82, 2.24) is 0 Å². The van der Waals surface area contributed by atoms with E-state index in [4.69, 9.17) is 0 Å². The molecule has 0 rings (SSSR count). The smallest absolute Gasteiger partial charge is 0.255 e. The lowest BCUT2D eigenvalue weighted by Crippen LogP contribution is -1.91. The molecule has 12 heavy (non-hydrogen) atoms. The summed E-state index contributed by atoms with van der Waals surface area (Å²) >= 11 is 0. The fraction of sp³-hybridized carbons (Fsp3) is 0.400. The maximum absolute atomic E-state index is 10.5. The molecular weight excluding hydrogens is 187 g/mol. The van der Waals surface area contributed by atoms with E-state index in [1.165, 1.54) is 6.92 Å². The van der Waals surface area contributed by atoms with E-state index >= 15 is 0 Å². The minimum Gasteiger partial charge on any atom is -0.255 e. The molecule has 0 aromatic carbocycles. The van der Waals surface area contributed by atoms with Gasteiger partial charge in [-0.15, -0.1) is 0 Å². The van der Waals surface area contributed by atoms with Gasteiger partial charge in [-0.25, -0.2) is 4.79 Å². The molecule has 0 N–H and O–H groups in total. The van der Waals surface area contributed by atoms with Gasteiger partial charge in [0, 0.05) is 10.9 Å². The summed E-state index contributed by atoms with van der Waals surface area (Å²) in [7, 11) is 0. The van der Waals surface area contributed by atoms with E-state index in [0.717, 1.165) is 0 Å². The first-order valence-corrected chi connectivity index (χ1v) is 2.63. The van der Waals surface area contributed by atoms with Crippen molar-refractivity contribution >= 4 is 5.97 Å². The van der Waals surface area contributed by atoms with Crippen LogP contribution in [0.15, 0.2) is 12.2 Å². The lowest BCUT2D eigenvalue weighted by molar-refractivity contribution is -0.183. The van der Waals surface area contributed by atoms with Gasteiger partial charge in [-0.1, -0.05) is 6.92 Å². The van der Waals surface area contributed by atoms with Gasteiger partial charge in [0.15, 0.2) is 0 Å². The van der Waals surface area contributed by atoms with Crippen LogP contribution in [-0.2, 0) is 9.74 Å². The first-order valence-electron chi connectivity index (χ1n) is 2.63. The standard InChI is InChI=1S/C3H5FO2.C2F4/c1-2-3(5)6-4;3-1(4)2(5)6/h2H2,1H3;. The summed E-state index contributed by atoms with van der Waals surface area (Å²) in [4.78, 5) is 12.3. The number of carbonyl (C=O) groups excluding carboxylic acids is 1. The zero-order valence-corrected chi connectivity index (χ0v) is 5.91. The Hall–Kier alpha value is -1.14. The topological polar surface area (TPSA) is 26.3 Å². The second-order valence-electron chi connectivity index (χ2n) is 1.32. The fourth-order valence-corrected chi connectivity index (χ4v) is 0.0546. The van der Waals surface area contributed by atoms with E-state index < -0.39 is 18.1 Å². The third-order valence-electron chi connectivity index (χ3n) is 0.518. The van der Waals surface area contributed by atoms with Crippen LogP contribution in [0.2, 0.25) is 0 Å². The van der Waals surface area contributed by atoms with Crippen LogP contribution >= 0.6 is 0 Å². The third kappa shape index (κ3) is 11.6. The van der Waals surface area contributed by atoms with Gasteiger partial charge in [0.2, 0.25) is 0 Å². The number of hydrogen-bond acceptors (Lipinski definition) is 2. The average Bonchev–Trinajstić information content (AvgIpc) is 2.04. The van der Waals surface area contributed by atoms with E-state index in [-0.39, 0.29) is 6.42 Å². The second kappa shape index (κ2) is 7.96. The minimum atomic E-state index is -2.91. The molecule has 7 heteroatoms. The Bertz CT molecular complexity index is 143. The van der Waals surface area contributed by atoms with E-state index in [1.807, 2.05) is 0 Å². The first-order chi connectivity index (χ1) is 5.45. The molecule has 0 spiro atoms. The van der Waals surface area contributed by atoms with E-state index in [2.05, 4.69) is 4.94 Å². The van der Waals surface area contributed by atoms with Crippen molar-refractivity contribution in [3.8, 4) is 0 Å². The summed E-state index contributed by atoms with van der Waals surface area (Å²) in [6.45, 7) is 1.52. The van der Waals surface area contributed by atoms with Crippen molar-refractivity contribution in [1.29, 1.82) is 0 Å². The van der Waals surface area contributed by atoms with Crippen LogP contribution in [0, 0.1) is 0 Å². The molecule has 0 radical (unpaired) electrons. The van der Waals surface area contributed by atoms with Gasteiger partial charge in [0.05, 0.1) is 0 Å². The molecule has 0 bridgehead atoms. The van der Waals surface area contributed by atoms with Crippen LogP contribution in [0.4, 0.5) is 22.1 Å². The highest BCUT2D eigenvalue weighted by molar-refractivity contribution is 5.67. The Labute approximate surface area is 64.5 Å². The van der Waals surface area contributed by atoms with Crippen molar-refractivity contribution < 1.29 is 31.8 Å². The van der Waals surface area contributed by atoms with Crippen LogP contribution in [0.5, 0.6) is 0 Å². The first kappa shape index (κ1) is 13.4. The van der Waals surface area contributed by atoms with Gasteiger partial charge in [-0.2, -0.15) is 17.6 Å². The fourth-order valence-electron chi connectivity index (χ4n) is 0.0546. The molecule has 2 nitrogen and oxygen atoms in total. The highest BCUT2D eigenvalue weighted by Crippen LogP contribution is 2.08. The lowest BCUT2D eigenvalue weighted by Gasteiger charge is -1.79. The second-order valence-corrected chi connectivity index (χ2v) is 1.32. The van der Waals surface area contributed by atoms with Crippen LogP contribution in [0.3, 0.4) is 0 Å². The predicted molar refractivity (Wildman–Crippen MR) is 28.9 cm³/mol. The Morgan fingerprint density at radius 2 is 1.50 bits per heavy atom. The summed E-state index contributed by atoms with van der Waals surface area (Å²) in [6.07, 6.45) is -5.72. The molecule has 0 heterocycles. The van der Waals surface area contributed by atoms with Crippen molar-refractivity contribution in [2.75, 3.05) is 0 Å². The van der Waals surface area contributed by atoms with Crippen LogP contribution < -0.4 is 0 Å². The monoisotopic (exact) mass is 192 g/mol. The van der Waals surface area contributed by atoms with Crippen molar-refractivity contribution in [3.63, 3.8) is 0 Å². The number of carbonyl (C=O) groups is 1. The van der Waals surface area contributed by atoms with Gasteiger partial charge in [0.25, 0.3) is 0 Å². The van der Waals surface area contributed by atoms with Crippen LogP contribution in [0.1, 0.15) is 13.3 Å². The van der Waals surface area contributed by atoms with Gasteiger partial charge < -0.3 is 0 Å². The summed E-state index contributed by atoms with van der Waals surface area (Å²) in [5.74, 6) is -0.824. The molecule has 0 unspecified atom stereocenters. The Balaban J connectivity index is 0. The zero-order chi connectivity index (χ0) is 10.1. The predicted octanol–water partition coefficient (Wildman–Crippen LogP) is 2.82. The van der Waals surface area contributed by atoms with Gasteiger partial charge >= 0.3 is 18.1 Å². The molecule has 0 aliphatic heterocycles. The van der Waals surface area contributed by atoms with Gasteiger partial charge in [0.1, 0.15) is 0 Å². The lowest BCUT2D eigenvalue weighted by atomic mass is 10.5.